The Morgan fingerprint density at radius 1 is 1.61 bits per heavy atom. The molecule has 98 valence electrons. The van der Waals surface area contributed by atoms with Crippen LogP contribution in [-0.2, 0) is 4.79 Å². The van der Waals surface area contributed by atoms with Gasteiger partial charge in [-0.3, -0.25) is 4.79 Å². The lowest BCUT2D eigenvalue weighted by Crippen LogP contribution is -2.43. The van der Waals surface area contributed by atoms with Gasteiger partial charge in [-0.25, -0.2) is 9.48 Å². The number of aliphatic hydroxyl groups excluding tert-OH is 1. The maximum absolute atomic E-state index is 11.6. The molecule has 18 heavy (non-hydrogen) atoms. The zero-order valence-corrected chi connectivity index (χ0v) is 9.41. The number of carbonyl (C=O) groups is 2. The van der Waals surface area contributed by atoms with E-state index in [-0.39, 0.29) is 18.3 Å². The van der Waals surface area contributed by atoms with E-state index in [2.05, 4.69) is 20.9 Å². The molecule has 1 amide bonds. The van der Waals surface area contributed by atoms with Gasteiger partial charge in [-0.1, -0.05) is 5.21 Å². The van der Waals surface area contributed by atoms with Gasteiger partial charge >= 0.3 is 5.97 Å². The van der Waals surface area contributed by atoms with Gasteiger partial charge in [0.15, 0.2) is 11.8 Å². The Balaban J connectivity index is 1.88. The van der Waals surface area contributed by atoms with Crippen LogP contribution >= 0.6 is 0 Å². The molecule has 9 nitrogen and oxygen atoms in total. The molecule has 1 aliphatic heterocycles. The first-order valence-electron chi connectivity index (χ1n) is 5.39. The van der Waals surface area contributed by atoms with Crippen molar-refractivity contribution in [2.45, 2.75) is 12.1 Å². The number of hydrogen-bond donors (Lipinski definition) is 4. The van der Waals surface area contributed by atoms with E-state index in [1.54, 1.807) is 4.68 Å². The number of rotatable bonds is 5. The lowest BCUT2D eigenvalue weighted by Gasteiger charge is -2.26. The highest BCUT2D eigenvalue weighted by Crippen LogP contribution is 2.09. The molecule has 1 aromatic heterocycles. The summed E-state index contributed by atoms with van der Waals surface area (Å²) in [7, 11) is 0. The van der Waals surface area contributed by atoms with Gasteiger partial charge in [-0.05, 0) is 0 Å². The van der Waals surface area contributed by atoms with E-state index in [0.717, 1.165) is 13.1 Å². The minimum atomic E-state index is -1.63. The zero-order chi connectivity index (χ0) is 13.1. The Kier molecular flexibility index (Phi) is 3.53. The van der Waals surface area contributed by atoms with Crippen LogP contribution in [-0.4, -0.2) is 62.8 Å². The number of nitrogens with zero attached hydrogens (tertiary/aromatic N) is 3. The van der Waals surface area contributed by atoms with Gasteiger partial charge < -0.3 is 20.8 Å². The molecule has 9 heteroatoms. The Hall–Kier alpha value is -2.00. The molecule has 4 N–H and O–H groups in total. The first-order valence-corrected chi connectivity index (χ1v) is 5.39. The van der Waals surface area contributed by atoms with Gasteiger partial charge in [-0.15, -0.1) is 5.10 Å². The van der Waals surface area contributed by atoms with Crippen molar-refractivity contribution >= 4 is 11.9 Å². The molecule has 0 bridgehead atoms. The predicted octanol–water partition coefficient (Wildman–Crippen LogP) is -2.40. The van der Waals surface area contributed by atoms with Gasteiger partial charge in [0.05, 0.1) is 18.8 Å². The molecule has 0 spiro atoms. The first kappa shape index (κ1) is 12.5. The van der Waals surface area contributed by atoms with E-state index in [9.17, 15) is 9.59 Å². The van der Waals surface area contributed by atoms with Gasteiger partial charge in [0.1, 0.15) is 0 Å². The zero-order valence-electron chi connectivity index (χ0n) is 9.41. The monoisotopic (exact) mass is 255 g/mol. The molecule has 1 aromatic rings. The second kappa shape index (κ2) is 5.10. The number of nitrogens with one attached hydrogen (secondary N) is 2. The van der Waals surface area contributed by atoms with Crippen LogP contribution in [0.1, 0.15) is 16.5 Å². The molecule has 2 heterocycles. The third-order valence-corrected chi connectivity index (χ3v) is 2.62. The summed E-state index contributed by atoms with van der Waals surface area (Å²) in [4.78, 5) is 21.9. The molecule has 1 aliphatic rings. The summed E-state index contributed by atoms with van der Waals surface area (Å²) in [6.07, 6.45) is -0.131. The number of aromatic nitrogens is 3. The molecular weight excluding hydrogens is 242 g/mol. The van der Waals surface area contributed by atoms with Crippen LogP contribution < -0.4 is 10.6 Å². The molecule has 1 saturated heterocycles. The van der Waals surface area contributed by atoms with Crippen molar-refractivity contribution in [2.75, 3.05) is 19.6 Å². The lowest BCUT2D eigenvalue weighted by molar-refractivity contribution is -0.146. The van der Waals surface area contributed by atoms with E-state index < -0.39 is 18.0 Å². The Labute approximate surface area is 102 Å². The van der Waals surface area contributed by atoms with Crippen molar-refractivity contribution < 1.29 is 19.8 Å². The topological polar surface area (TPSA) is 129 Å². The number of aliphatic hydroxyl groups is 1. The minimum absolute atomic E-state index is 0.0967. The third-order valence-electron chi connectivity index (χ3n) is 2.62. The highest BCUT2D eigenvalue weighted by Gasteiger charge is 2.22. The summed E-state index contributed by atoms with van der Waals surface area (Å²) in [5.41, 5.74) is 0.0967. The van der Waals surface area contributed by atoms with Crippen LogP contribution in [0.15, 0.2) is 6.20 Å². The van der Waals surface area contributed by atoms with Crippen LogP contribution in [0.4, 0.5) is 0 Å². The molecule has 2 rings (SSSR count). The van der Waals surface area contributed by atoms with E-state index in [1.165, 1.54) is 6.20 Å². The summed E-state index contributed by atoms with van der Waals surface area (Å²) in [5.74, 6) is -1.95. The van der Waals surface area contributed by atoms with E-state index in [4.69, 9.17) is 10.2 Å². The third kappa shape index (κ3) is 2.63. The van der Waals surface area contributed by atoms with Crippen molar-refractivity contribution in [1.29, 1.82) is 0 Å². The normalized spacial score (nSPS) is 16.9. The van der Waals surface area contributed by atoms with Gasteiger partial charge in [0, 0.05) is 13.1 Å². The Morgan fingerprint density at radius 3 is 2.89 bits per heavy atom. The molecule has 0 aliphatic carbocycles. The van der Waals surface area contributed by atoms with Crippen molar-refractivity contribution in [3.63, 3.8) is 0 Å². The fraction of sp³-hybridized carbons (Fsp3) is 0.556. The van der Waals surface area contributed by atoms with E-state index >= 15 is 0 Å². The van der Waals surface area contributed by atoms with Crippen LogP contribution in [0, 0.1) is 0 Å². The van der Waals surface area contributed by atoms with Crippen molar-refractivity contribution in [3.05, 3.63) is 11.9 Å². The highest BCUT2D eigenvalue weighted by atomic mass is 16.4. The summed E-state index contributed by atoms with van der Waals surface area (Å²) in [5, 5.41) is 30.3. The maximum atomic E-state index is 11.6. The number of hydrogen-bond acceptors (Lipinski definition) is 6. The predicted molar refractivity (Wildman–Crippen MR) is 57.9 cm³/mol. The van der Waals surface area contributed by atoms with Crippen LogP contribution in [0.3, 0.4) is 0 Å². The standard InChI is InChI=1S/C9H13N5O4/c15-7(9(17)18)3-11-8(16)6-4-14(13-12-6)5-1-10-2-5/h4-5,7,10,15H,1-3H2,(H,11,16)(H,17,18). The maximum Gasteiger partial charge on any atom is 0.334 e. The van der Waals surface area contributed by atoms with Gasteiger partial charge in [-0.2, -0.15) is 0 Å². The van der Waals surface area contributed by atoms with Crippen LogP contribution in [0.25, 0.3) is 0 Å². The smallest absolute Gasteiger partial charge is 0.334 e. The number of carbonyl (C=O) groups excluding carboxylic acids is 1. The molecule has 0 radical (unpaired) electrons. The summed E-state index contributed by atoms with van der Waals surface area (Å²) < 4.78 is 1.58. The number of carboxylic acid groups (broad SMARTS) is 1. The highest BCUT2D eigenvalue weighted by molar-refractivity contribution is 5.92. The Bertz CT molecular complexity index is 456. The molecule has 1 fully saturated rings. The average Bonchev–Trinajstić information content (AvgIpc) is 2.72. The summed E-state index contributed by atoms with van der Waals surface area (Å²) in [6, 6.07) is 0.198. The fourth-order valence-corrected chi connectivity index (χ4v) is 1.39. The minimum Gasteiger partial charge on any atom is -0.479 e. The molecule has 1 unspecified atom stereocenters. The number of aliphatic carboxylic acids is 1. The number of amides is 1. The van der Waals surface area contributed by atoms with Gasteiger partial charge in [0.2, 0.25) is 0 Å². The molecule has 1 atom stereocenters. The van der Waals surface area contributed by atoms with Crippen LogP contribution in [0.5, 0.6) is 0 Å². The van der Waals surface area contributed by atoms with Crippen molar-refractivity contribution in [2.24, 2.45) is 0 Å². The molecule has 0 aromatic carbocycles. The second-order valence-corrected chi connectivity index (χ2v) is 3.96. The van der Waals surface area contributed by atoms with Crippen molar-refractivity contribution in [3.8, 4) is 0 Å². The van der Waals surface area contributed by atoms with Gasteiger partial charge in [0.25, 0.3) is 5.91 Å². The van der Waals surface area contributed by atoms with E-state index in [1.807, 2.05) is 0 Å². The van der Waals surface area contributed by atoms with Crippen molar-refractivity contribution in [1.82, 2.24) is 25.6 Å². The Morgan fingerprint density at radius 2 is 2.33 bits per heavy atom. The number of carboxylic acids is 1. The second-order valence-electron chi connectivity index (χ2n) is 3.96. The fourth-order valence-electron chi connectivity index (χ4n) is 1.39. The van der Waals surface area contributed by atoms with Crippen LogP contribution in [0.2, 0.25) is 0 Å². The molecular formula is C9H13N5O4. The lowest BCUT2D eigenvalue weighted by atomic mass is 10.2. The first-order chi connectivity index (χ1) is 8.58. The summed E-state index contributed by atoms with van der Waals surface area (Å²) >= 11 is 0. The quantitative estimate of drug-likeness (QED) is 0.461. The summed E-state index contributed by atoms with van der Waals surface area (Å²) in [6.45, 7) is 1.19. The molecule has 0 saturated carbocycles. The average molecular weight is 255 g/mol. The largest absolute Gasteiger partial charge is 0.479 e. The SMILES string of the molecule is O=C(NCC(O)C(=O)O)c1cn(C2CNC2)nn1. The van der Waals surface area contributed by atoms with E-state index in [0.29, 0.717) is 0 Å².